The molecule has 6 nitrogen and oxygen atoms in total. The molecule has 2 heterocycles. The number of aromatic nitrogens is 6. The molecule has 2 aromatic heterocycles. The Morgan fingerprint density at radius 1 is 0.536 bits per heavy atom. The lowest BCUT2D eigenvalue weighted by Crippen LogP contribution is -1.92. The highest BCUT2D eigenvalue weighted by Crippen LogP contribution is 2.29. The number of H-pyrrole nitrogens is 2. The molecule has 0 aliphatic rings. The first-order chi connectivity index (χ1) is 13.3. The minimum Gasteiger partial charge on any atom is -0.256 e. The number of aromatic amines is 2. The van der Waals surface area contributed by atoms with Crippen molar-refractivity contribution in [1.82, 2.24) is 30.4 Å². The Kier molecular flexibility index (Phi) is 4.34. The molecule has 0 unspecified atom stereocenters. The van der Waals surface area contributed by atoms with Crippen molar-refractivity contribution in [2.75, 3.05) is 0 Å². The van der Waals surface area contributed by atoms with Crippen molar-refractivity contribution in [3.05, 3.63) is 57.6 Å². The van der Waals surface area contributed by atoms with Gasteiger partial charge in [-0.3, -0.25) is 10.2 Å². The Morgan fingerprint density at radius 2 is 0.857 bits per heavy atom. The molecule has 6 heteroatoms. The molecule has 4 aromatic rings. The van der Waals surface area contributed by atoms with Crippen molar-refractivity contribution < 1.29 is 0 Å². The van der Waals surface area contributed by atoms with Gasteiger partial charge < -0.3 is 0 Å². The fraction of sp³-hybridized carbons (Fsp3) is 0.273. The summed E-state index contributed by atoms with van der Waals surface area (Å²) in [4.78, 5) is 9.34. The fourth-order valence-electron chi connectivity index (χ4n) is 4.02. The first-order valence-corrected chi connectivity index (χ1v) is 9.35. The summed E-state index contributed by atoms with van der Waals surface area (Å²) in [6.07, 6.45) is 0. The zero-order valence-corrected chi connectivity index (χ0v) is 17.1. The van der Waals surface area contributed by atoms with E-state index in [1.807, 2.05) is 0 Å². The highest BCUT2D eigenvalue weighted by molar-refractivity contribution is 5.68. The van der Waals surface area contributed by atoms with E-state index in [4.69, 9.17) is 0 Å². The summed E-state index contributed by atoms with van der Waals surface area (Å²) >= 11 is 0. The number of aryl methyl sites for hydroxylation is 6. The Morgan fingerprint density at radius 3 is 1.18 bits per heavy atom. The van der Waals surface area contributed by atoms with Gasteiger partial charge in [0, 0.05) is 11.1 Å². The highest BCUT2D eigenvalue weighted by Gasteiger charge is 2.17. The second-order valence-corrected chi connectivity index (χ2v) is 7.56. The quantitative estimate of drug-likeness (QED) is 0.542. The number of nitrogens with zero attached hydrogens (tertiary/aromatic N) is 4. The summed E-state index contributed by atoms with van der Waals surface area (Å²) in [5.74, 6) is 2.50. The van der Waals surface area contributed by atoms with Crippen molar-refractivity contribution in [3.63, 3.8) is 0 Å². The van der Waals surface area contributed by atoms with E-state index < -0.39 is 0 Å². The molecular weight excluding hydrogens is 348 g/mol. The lowest BCUT2D eigenvalue weighted by Gasteiger charge is -2.07. The largest absolute Gasteiger partial charge is 0.256 e. The summed E-state index contributed by atoms with van der Waals surface area (Å²) < 4.78 is 0. The predicted octanol–water partition coefficient (Wildman–Crippen LogP) is 4.77. The van der Waals surface area contributed by atoms with E-state index >= 15 is 0 Å². The molecule has 0 saturated heterocycles. The van der Waals surface area contributed by atoms with Crippen LogP contribution in [0.5, 0.6) is 0 Å². The standard InChI is InChI=1S/C22H24N6/c1-11-7-13(3)17(14(4)8-11)19-23-21(27-25-19)22-24-20(26-28-22)18-15(5)9-12(2)10-16(18)6/h7-10H,1-6H3,(H,23,25,27)(H,24,26,28). The molecule has 4 rings (SSSR count). The molecule has 0 aliphatic carbocycles. The van der Waals surface area contributed by atoms with Crippen molar-refractivity contribution in [2.24, 2.45) is 0 Å². The normalized spacial score (nSPS) is 11.2. The zero-order chi connectivity index (χ0) is 20.0. The molecule has 0 saturated carbocycles. The van der Waals surface area contributed by atoms with Crippen LogP contribution in [0.3, 0.4) is 0 Å². The molecule has 0 fully saturated rings. The van der Waals surface area contributed by atoms with E-state index in [0.29, 0.717) is 23.3 Å². The average Bonchev–Trinajstić information content (AvgIpc) is 3.22. The van der Waals surface area contributed by atoms with Crippen LogP contribution in [0, 0.1) is 41.5 Å². The first-order valence-electron chi connectivity index (χ1n) is 9.35. The minimum absolute atomic E-state index is 0.579. The van der Waals surface area contributed by atoms with Crippen LogP contribution < -0.4 is 0 Å². The Labute approximate surface area is 164 Å². The summed E-state index contributed by atoms with van der Waals surface area (Å²) in [5, 5.41) is 14.8. The molecule has 142 valence electrons. The Balaban J connectivity index is 1.72. The number of nitrogens with one attached hydrogen (secondary N) is 2. The van der Waals surface area contributed by atoms with Gasteiger partial charge in [0.1, 0.15) is 0 Å². The molecule has 0 aliphatic heterocycles. The van der Waals surface area contributed by atoms with E-state index in [1.165, 1.54) is 11.1 Å². The topological polar surface area (TPSA) is 83.1 Å². The molecule has 2 N–H and O–H groups in total. The maximum atomic E-state index is 4.67. The minimum atomic E-state index is 0.579. The van der Waals surface area contributed by atoms with E-state index in [0.717, 1.165) is 33.4 Å². The van der Waals surface area contributed by atoms with Crippen LogP contribution in [-0.4, -0.2) is 30.4 Å². The third kappa shape index (κ3) is 3.11. The van der Waals surface area contributed by atoms with Gasteiger partial charge in [-0.25, -0.2) is 9.97 Å². The van der Waals surface area contributed by atoms with Crippen LogP contribution in [0.25, 0.3) is 34.4 Å². The summed E-state index contributed by atoms with van der Waals surface area (Å²) in [7, 11) is 0. The molecular formula is C22H24N6. The van der Waals surface area contributed by atoms with Crippen molar-refractivity contribution in [2.45, 2.75) is 41.5 Å². The molecule has 2 aromatic carbocycles. The number of rotatable bonds is 3. The first kappa shape index (κ1) is 18.1. The molecule has 0 radical (unpaired) electrons. The average molecular weight is 372 g/mol. The second kappa shape index (κ2) is 6.71. The SMILES string of the molecule is Cc1cc(C)c(-c2n[nH]c(-c3nc(-c4c(C)cc(C)cc4C)n[nH]3)n2)c(C)c1. The van der Waals surface area contributed by atoms with E-state index in [-0.39, 0.29) is 0 Å². The molecule has 0 bridgehead atoms. The third-order valence-corrected chi connectivity index (χ3v) is 5.00. The van der Waals surface area contributed by atoms with Gasteiger partial charge in [-0.1, -0.05) is 35.4 Å². The van der Waals surface area contributed by atoms with E-state index in [2.05, 4.69) is 96.2 Å². The van der Waals surface area contributed by atoms with Gasteiger partial charge in [0.05, 0.1) is 0 Å². The number of hydrogen-bond acceptors (Lipinski definition) is 4. The smallest absolute Gasteiger partial charge is 0.193 e. The van der Waals surface area contributed by atoms with Gasteiger partial charge in [-0.2, -0.15) is 10.2 Å². The van der Waals surface area contributed by atoms with Crippen molar-refractivity contribution in [1.29, 1.82) is 0 Å². The molecule has 0 amide bonds. The van der Waals surface area contributed by atoms with Crippen LogP contribution >= 0.6 is 0 Å². The van der Waals surface area contributed by atoms with Gasteiger partial charge in [0.2, 0.25) is 0 Å². The van der Waals surface area contributed by atoms with Gasteiger partial charge in [0.25, 0.3) is 0 Å². The fourth-order valence-corrected chi connectivity index (χ4v) is 4.02. The lowest BCUT2D eigenvalue weighted by atomic mass is 9.99. The van der Waals surface area contributed by atoms with Gasteiger partial charge in [0.15, 0.2) is 23.3 Å². The Hall–Kier alpha value is -3.28. The molecule has 0 atom stereocenters. The van der Waals surface area contributed by atoms with E-state index in [9.17, 15) is 0 Å². The van der Waals surface area contributed by atoms with Crippen LogP contribution in [0.1, 0.15) is 33.4 Å². The summed E-state index contributed by atoms with van der Waals surface area (Å²) in [6, 6.07) is 8.59. The number of benzene rings is 2. The van der Waals surface area contributed by atoms with Gasteiger partial charge in [-0.15, -0.1) is 0 Å². The van der Waals surface area contributed by atoms with Crippen LogP contribution in [-0.2, 0) is 0 Å². The maximum absolute atomic E-state index is 4.67. The monoisotopic (exact) mass is 372 g/mol. The van der Waals surface area contributed by atoms with Crippen molar-refractivity contribution >= 4 is 0 Å². The summed E-state index contributed by atoms with van der Waals surface area (Å²) in [5.41, 5.74) is 9.21. The van der Waals surface area contributed by atoms with Crippen LogP contribution in [0.15, 0.2) is 24.3 Å². The van der Waals surface area contributed by atoms with Gasteiger partial charge >= 0.3 is 0 Å². The van der Waals surface area contributed by atoms with E-state index in [1.54, 1.807) is 0 Å². The third-order valence-electron chi connectivity index (χ3n) is 5.00. The molecule has 28 heavy (non-hydrogen) atoms. The predicted molar refractivity (Wildman–Crippen MR) is 111 cm³/mol. The molecule has 0 spiro atoms. The Bertz CT molecular complexity index is 1040. The van der Waals surface area contributed by atoms with Crippen LogP contribution in [0.4, 0.5) is 0 Å². The maximum Gasteiger partial charge on any atom is 0.193 e. The number of hydrogen-bond donors (Lipinski definition) is 2. The van der Waals surface area contributed by atoms with Gasteiger partial charge in [-0.05, 0) is 63.8 Å². The second-order valence-electron chi connectivity index (χ2n) is 7.56. The van der Waals surface area contributed by atoms with Crippen LogP contribution in [0.2, 0.25) is 0 Å². The summed E-state index contributed by atoms with van der Waals surface area (Å²) in [6.45, 7) is 12.5. The zero-order valence-electron chi connectivity index (χ0n) is 17.1. The lowest BCUT2D eigenvalue weighted by molar-refractivity contribution is 1.05. The van der Waals surface area contributed by atoms with Crippen molar-refractivity contribution in [3.8, 4) is 34.4 Å². The highest BCUT2D eigenvalue weighted by atomic mass is 15.3.